The molecule has 0 aliphatic rings. The van der Waals surface area contributed by atoms with Crippen LogP contribution in [0.1, 0.15) is 11.1 Å². The predicted molar refractivity (Wildman–Crippen MR) is 116 cm³/mol. The molecule has 0 bridgehead atoms. The third-order valence-corrected chi connectivity index (χ3v) is 5.40. The lowest BCUT2D eigenvalue weighted by Crippen LogP contribution is -2.45. The number of nitrogens with zero attached hydrogens (tertiary/aromatic N) is 1. The molecule has 0 radical (unpaired) electrons. The molecule has 2 amide bonds. The maximum Gasteiger partial charge on any atom is 0.276 e. The summed E-state index contributed by atoms with van der Waals surface area (Å²) in [5, 5.41) is 1.93. The molecule has 0 aliphatic heterocycles. The molecule has 3 aromatic rings. The number of amides is 2. The third kappa shape index (κ3) is 5.75. The van der Waals surface area contributed by atoms with Gasteiger partial charge in [0.2, 0.25) is 0 Å². The first-order valence-electron chi connectivity index (χ1n) is 8.95. The zero-order chi connectivity index (χ0) is 20.8. The number of carbonyl (C=O) groups excluding carboxylic acids is 2. The molecule has 150 valence electrons. The number of aryl methyl sites for hydroxylation is 2. The van der Waals surface area contributed by atoms with E-state index in [1.54, 1.807) is 10.6 Å². The Morgan fingerprint density at radius 1 is 1.03 bits per heavy atom. The van der Waals surface area contributed by atoms with Crippen molar-refractivity contribution in [2.45, 2.75) is 20.4 Å². The van der Waals surface area contributed by atoms with E-state index in [2.05, 4.69) is 10.9 Å². The zero-order valence-electron chi connectivity index (χ0n) is 16.1. The zero-order valence-corrected chi connectivity index (χ0v) is 17.7. The van der Waals surface area contributed by atoms with Gasteiger partial charge in [0.05, 0.1) is 5.69 Å². The smallest absolute Gasteiger partial charge is 0.276 e. The fraction of sp³-hybridized carbons (Fsp3) is 0.190. The fourth-order valence-electron chi connectivity index (χ4n) is 2.64. The van der Waals surface area contributed by atoms with E-state index in [1.165, 1.54) is 11.3 Å². The average Bonchev–Trinajstić information content (AvgIpc) is 3.06. The minimum atomic E-state index is -0.451. The standard InChI is InChI=1S/C21H21N3O3S2/c1-14-6-8-16(9-7-14)18-13-29-21(28)24(18)11-19(25)22-23-20(26)12-27-17-5-3-4-15(2)10-17/h3-10,13H,11-12H2,1-2H3,(H,22,25)(H,23,26). The van der Waals surface area contributed by atoms with Crippen LogP contribution in [0.25, 0.3) is 11.3 Å². The summed E-state index contributed by atoms with van der Waals surface area (Å²) < 4.78 is 7.74. The quantitative estimate of drug-likeness (QED) is 0.464. The normalized spacial score (nSPS) is 10.4. The van der Waals surface area contributed by atoms with Crippen molar-refractivity contribution >= 4 is 35.4 Å². The first kappa shape index (κ1) is 20.8. The summed E-state index contributed by atoms with van der Waals surface area (Å²) in [6.07, 6.45) is 0. The van der Waals surface area contributed by atoms with Crippen molar-refractivity contribution in [3.63, 3.8) is 0 Å². The van der Waals surface area contributed by atoms with Crippen LogP contribution in [0.4, 0.5) is 0 Å². The van der Waals surface area contributed by atoms with Crippen LogP contribution in [-0.4, -0.2) is 23.0 Å². The van der Waals surface area contributed by atoms with Crippen LogP contribution in [-0.2, 0) is 16.1 Å². The fourth-order valence-corrected chi connectivity index (χ4v) is 3.72. The summed E-state index contributed by atoms with van der Waals surface area (Å²) in [7, 11) is 0. The van der Waals surface area contributed by atoms with Crippen LogP contribution in [0.15, 0.2) is 53.9 Å². The minimum Gasteiger partial charge on any atom is -0.484 e. The molecule has 3 rings (SSSR count). The van der Waals surface area contributed by atoms with Crippen molar-refractivity contribution < 1.29 is 14.3 Å². The average molecular weight is 428 g/mol. The van der Waals surface area contributed by atoms with Crippen LogP contribution in [0, 0.1) is 17.8 Å². The van der Waals surface area contributed by atoms with E-state index >= 15 is 0 Å². The molecule has 0 aliphatic carbocycles. The third-order valence-electron chi connectivity index (χ3n) is 4.13. The summed E-state index contributed by atoms with van der Waals surface area (Å²) in [5.74, 6) is -0.233. The molecule has 1 heterocycles. The number of aromatic nitrogens is 1. The van der Waals surface area contributed by atoms with Crippen LogP contribution >= 0.6 is 23.6 Å². The van der Waals surface area contributed by atoms with Gasteiger partial charge >= 0.3 is 0 Å². The number of benzene rings is 2. The number of carbonyl (C=O) groups is 2. The first-order valence-corrected chi connectivity index (χ1v) is 10.2. The predicted octanol–water partition coefficient (Wildman–Crippen LogP) is 3.79. The number of hydrogen-bond donors (Lipinski definition) is 2. The summed E-state index contributed by atoms with van der Waals surface area (Å²) in [5.41, 5.74) is 8.79. The molecule has 1 aromatic heterocycles. The number of hydrazine groups is 1. The number of ether oxygens (including phenoxy) is 1. The summed E-state index contributed by atoms with van der Waals surface area (Å²) in [6, 6.07) is 15.4. The van der Waals surface area contributed by atoms with E-state index in [0.717, 1.165) is 22.4 Å². The van der Waals surface area contributed by atoms with Gasteiger partial charge in [0.25, 0.3) is 11.8 Å². The highest BCUT2D eigenvalue weighted by Crippen LogP contribution is 2.24. The molecule has 0 atom stereocenters. The molecule has 0 saturated carbocycles. The van der Waals surface area contributed by atoms with Crippen molar-refractivity contribution in [3.05, 3.63) is 69.0 Å². The van der Waals surface area contributed by atoms with Crippen LogP contribution in [0.5, 0.6) is 5.75 Å². The van der Waals surface area contributed by atoms with E-state index in [4.69, 9.17) is 17.0 Å². The molecule has 0 spiro atoms. The van der Waals surface area contributed by atoms with Crippen molar-refractivity contribution in [1.29, 1.82) is 0 Å². The Kier molecular flexibility index (Phi) is 6.79. The molecule has 6 nitrogen and oxygen atoms in total. The molecule has 2 N–H and O–H groups in total. The Hall–Kier alpha value is -2.97. The molecule has 0 saturated heterocycles. The first-order chi connectivity index (χ1) is 13.9. The largest absolute Gasteiger partial charge is 0.484 e. The summed E-state index contributed by atoms with van der Waals surface area (Å²) >= 11 is 6.75. The van der Waals surface area contributed by atoms with E-state index in [9.17, 15) is 9.59 Å². The summed E-state index contributed by atoms with van der Waals surface area (Å²) in [4.78, 5) is 24.2. The van der Waals surface area contributed by atoms with Gasteiger partial charge in [0.15, 0.2) is 10.6 Å². The van der Waals surface area contributed by atoms with Gasteiger partial charge in [-0.3, -0.25) is 20.4 Å². The lowest BCUT2D eigenvalue weighted by molar-refractivity contribution is -0.130. The molecular formula is C21H21N3O3S2. The SMILES string of the molecule is Cc1ccc(-c2csc(=S)n2CC(=O)NNC(=O)COc2cccc(C)c2)cc1. The van der Waals surface area contributed by atoms with Gasteiger partial charge in [-0.05, 0) is 49.3 Å². The van der Waals surface area contributed by atoms with Gasteiger partial charge in [-0.2, -0.15) is 0 Å². The van der Waals surface area contributed by atoms with E-state index < -0.39 is 5.91 Å². The Labute approximate surface area is 178 Å². The van der Waals surface area contributed by atoms with Crippen LogP contribution < -0.4 is 15.6 Å². The lowest BCUT2D eigenvalue weighted by atomic mass is 10.1. The highest BCUT2D eigenvalue weighted by atomic mass is 32.1. The number of rotatable bonds is 6. The summed E-state index contributed by atoms with van der Waals surface area (Å²) in [6.45, 7) is 3.76. The Morgan fingerprint density at radius 2 is 1.76 bits per heavy atom. The minimum absolute atomic E-state index is 0.00452. The number of hydrogen-bond acceptors (Lipinski definition) is 5. The van der Waals surface area contributed by atoms with Crippen molar-refractivity contribution in [2.24, 2.45) is 0 Å². The van der Waals surface area contributed by atoms with Gasteiger partial charge in [-0.1, -0.05) is 42.0 Å². The molecule has 0 unspecified atom stereocenters. The molecule has 29 heavy (non-hydrogen) atoms. The second kappa shape index (κ2) is 9.49. The molecule has 2 aromatic carbocycles. The monoisotopic (exact) mass is 427 g/mol. The van der Waals surface area contributed by atoms with Gasteiger partial charge in [-0.25, -0.2) is 0 Å². The van der Waals surface area contributed by atoms with Crippen molar-refractivity contribution in [3.8, 4) is 17.0 Å². The lowest BCUT2D eigenvalue weighted by Gasteiger charge is -2.11. The Bertz CT molecular complexity index is 1070. The maximum atomic E-state index is 12.3. The molecule has 0 fully saturated rings. The highest BCUT2D eigenvalue weighted by Gasteiger charge is 2.12. The number of nitrogens with one attached hydrogen (secondary N) is 2. The van der Waals surface area contributed by atoms with Crippen LogP contribution in [0.3, 0.4) is 0 Å². The molecule has 8 heteroatoms. The highest BCUT2D eigenvalue weighted by molar-refractivity contribution is 7.73. The van der Waals surface area contributed by atoms with Crippen LogP contribution in [0.2, 0.25) is 0 Å². The molecular weight excluding hydrogens is 406 g/mol. The van der Waals surface area contributed by atoms with Crippen molar-refractivity contribution in [2.75, 3.05) is 6.61 Å². The van der Waals surface area contributed by atoms with Crippen molar-refractivity contribution in [1.82, 2.24) is 15.4 Å². The van der Waals surface area contributed by atoms with E-state index in [1.807, 2.05) is 61.7 Å². The Balaban J connectivity index is 1.54. The van der Waals surface area contributed by atoms with E-state index in [-0.39, 0.29) is 19.1 Å². The second-order valence-electron chi connectivity index (χ2n) is 6.54. The Morgan fingerprint density at radius 3 is 2.48 bits per heavy atom. The van der Waals surface area contributed by atoms with Gasteiger partial charge < -0.3 is 9.30 Å². The van der Waals surface area contributed by atoms with E-state index in [0.29, 0.717) is 9.70 Å². The second-order valence-corrected chi connectivity index (χ2v) is 8.04. The maximum absolute atomic E-state index is 12.3. The van der Waals surface area contributed by atoms with Gasteiger partial charge in [0.1, 0.15) is 12.3 Å². The topological polar surface area (TPSA) is 72.4 Å². The number of thiazole rings is 1. The van der Waals surface area contributed by atoms with Gasteiger partial charge in [-0.15, -0.1) is 11.3 Å². The van der Waals surface area contributed by atoms with Gasteiger partial charge in [0, 0.05) is 5.38 Å².